The van der Waals surface area contributed by atoms with Crippen molar-refractivity contribution in [3.8, 4) is 11.5 Å². The van der Waals surface area contributed by atoms with Crippen LogP contribution in [0.2, 0.25) is 0 Å². The molecule has 9 heteroatoms. The summed E-state index contributed by atoms with van der Waals surface area (Å²) in [4.78, 5) is 14.1. The Balaban J connectivity index is 1.66. The van der Waals surface area contributed by atoms with Crippen LogP contribution < -0.4 is 9.47 Å². The van der Waals surface area contributed by atoms with Crippen molar-refractivity contribution in [2.75, 3.05) is 32.3 Å². The van der Waals surface area contributed by atoms with E-state index in [0.29, 0.717) is 24.5 Å². The molecule has 8 nitrogen and oxygen atoms in total. The van der Waals surface area contributed by atoms with Crippen LogP contribution in [0.4, 0.5) is 0 Å². The van der Waals surface area contributed by atoms with E-state index in [-0.39, 0.29) is 30.1 Å². The van der Waals surface area contributed by atoms with Gasteiger partial charge < -0.3 is 14.4 Å². The standard InChI is InChI=1S/C20H27N3O5S/c1-14-17(15(2)23(21-14)16-9-10-29(25,26)13-16)11-22(3)20(24)12-28-19-8-6-5-7-18(19)27-4/h5-8,16H,9-13H2,1-4H3/t16-/m0/s1. The summed E-state index contributed by atoms with van der Waals surface area (Å²) in [5, 5.41) is 4.55. The number of methoxy groups -OCH3 is 1. The van der Waals surface area contributed by atoms with Gasteiger partial charge in [0, 0.05) is 24.8 Å². The van der Waals surface area contributed by atoms with Crippen LogP contribution in [0.25, 0.3) is 0 Å². The predicted molar refractivity (Wildman–Crippen MR) is 109 cm³/mol. The van der Waals surface area contributed by atoms with Crippen LogP contribution in [0.3, 0.4) is 0 Å². The molecular formula is C20H27N3O5S. The molecule has 0 saturated carbocycles. The fourth-order valence-corrected chi connectivity index (χ4v) is 5.25. The summed E-state index contributed by atoms with van der Waals surface area (Å²) in [6.45, 7) is 4.07. The summed E-state index contributed by atoms with van der Waals surface area (Å²) in [5.41, 5.74) is 2.63. The Morgan fingerprint density at radius 3 is 2.59 bits per heavy atom. The Morgan fingerprint density at radius 2 is 1.97 bits per heavy atom. The van der Waals surface area contributed by atoms with E-state index in [1.807, 2.05) is 26.0 Å². The molecule has 2 aromatic rings. The first-order chi connectivity index (χ1) is 13.7. The molecule has 1 fully saturated rings. The summed E-state index contributed by atoms with van der Waals surface area (Å²) >= 11 is 0. The number of benzene rings is 1. The lowest BCUT2D eigenvalue weighted by molar-refractivity contribution is -0.132. The first-order valence-electron chi connectivity index (χ1n) is 9.46. The van der Waals surface area contributed by atoms with Crippen LogP contribution in [0.15, 0.2) is 24.3 Å². The highest BCUT2D eigenvalue weighted by atomic mass is 32.2. The SMILES string of the molecule is COc1ccccc1OCC(=O)N(C)Cc1c(C)nn([C@H]2CCS(=O)(=O)C2)c1C. The lowest BCUT2D eigenvalue weighted by Gasteiger charge is -2.19. The van der Waals surface area contributed by atoms with Gasteiger partial charge in [0.25, 0.3) is 5.91 Å². The van der Waals surface area contributed by atoms with Gasteiger partial charge in [0.05, 0.1) is 30.4 Å². The van der Waals surface area contributed by atoms with Crippen LogP contribution in [0.5, 0.6) is 11.5 Å². The molecule has 1 aliphatic rings. The monoisotopic (exact) mass is 421 g/mol. The van der Waals surface area contributed by atoms with Gasteiger partial charge >= 0.3 is 0 Å². The van der Waals surface area contributed by atoms with Crippen molar-refractivity contribution in [2.24, 2.45) is 0 Å². The second kappa shape index (κ2) is 8.44. The molecule has 1 atom stereocenters. The lowest BCUT2D eigenvalue weighted by Crippen LogP contribution is -2.31. The second-order valence-electron chi connectivity index (χ2n) is 7.34. The highest BCUT2D eigenvalue weighted by Crippen LogP contribution is 2.28. The van der Waals surface area contributed by atoms with E-state index in [0.717, 1.165) is 17.0 Å². The Morgan fingerprint density at radius 1 is 1.28 bits per heavy atom. The average molecular weight is 422 g/mol. The van der Waals surface area contributed by atoms with Gasteiger partial charge in [-0.2, -0.15) is 5.10 Å². The highest BCUT2D eigenvalue weighted by molar-refractivity contribution is 7.91. The van der Waals surface area contributed by atoms with Crippen molar-refractivity contribution >= 4 is 15.7 Å². The van der Waals surface area contributed by atoms with Crippen molar-refractivity contribution in [1.29, 1.82) is 0 Å². The molecule has 0 aliphatic carbocycles. The largest absolute Gasteiger partial charge is 0.493 e. The number of carbonyl (C=O) groups excluding carboxylic acids is 1. The fraction of sp³-hybridized carbons (Fsp3) is 0.500. The zero-order chi connectivity index (χ0) is 21.2. The van der Waals surface area contributed by atoms with Crippen LogP contribution in [-0.4, -0.2) is 61.3 Å². The number of rotatable bonds is 7. The van der Waals surface area contributed by atoms with Crippen LogP contribution in [0.1, 0.15) is 29.4 Å². The van der Waals surface area contributed by atoms with Gasteiger partial charge in [0.15, 0.2) is 27.9 Å². The summed E-state index contributed by atoms with van der Waals surface area (Å²) in [7, 11) is 0.271. The third-order valence-corrected chi connectivity index (χ3v) is 7.02. The van der Waals surface area contributed by atoms with Gasteiger partial charge in [0.2, 0.25) is 0 Å². The Kier molecular flexibility index (Phi) is 6.16. The van der Waals surface area contributed by atoms with Crippen molar-refractivity contribution in [3.05, 3.63) is 41.2 Å². The number of nitrogens with zero attached hydrogens (tertiary/aromatic N) is 3. The zero-order valence-electron chi connectivity index (χ0n) is 17.2. The molecule has 1 saturated heterocycles. The van der Waals surface area contributed by atoms with Crippen molar-refractivity contribution in [2.45, 2.75) is 32.9 Å². The topological polar surface area (TPSA) is 90.7 Å². The first-order valence-corrected chi connectivity index (χ1v) is 11.3. The summed E-state index contributed by atoms with van der Waals surface area (Å²) in [6, 6.07) is 7.03. The highest BCUT2D eigenvalue weighted by Gasteiger charge is 2.31. The van der Waals surface area contributed by atoms with Crippen LogP contribution in [-0.2, 0) is 21.2 Å². The van der Waals surface area contributed by atoms with E-state index in [1.54, 1.807) is 35.9 Å². The summed E-state index contributed by atoms with van der Waals surface area (Å²) < 4.78 is 36.3. The quantitative estimate of drug-likeness (QED) is 0.678. The molecule has 0 spiro atoms. The molecule has 0 unspecified atom stereocenters. The third kappa shape index (κ3) is 4.72. The van der Waals surface area contributed by atoms with E-state index < -0.39 is 9.84 Å². The van der Waals surface area contributed by atoms with Gasteiger partial charge in [-0.15, -0.1) is 0 Å². The molecule has 1 aliphatic heterocycles. The number of para-hydroxylation sites is 2. The maximum atomic E-state index is 12.5. The third-order valence-electron chi connectivity index (χ3n) is 5.27. The van der Waals surface area contributed by atoms with E-state index in [4.69, 9.17) is 9.47 Å². The number of hydrogen-bond donors (Lipinski definition) is 0. The van der Waals surface area contributed by atoms with Crippen LogP contribution >= 0.6 is 0 Å². The Bertz CT molecular complexity index is 1000. The van der Waals surface area contributed by atoms with Crippen molar-refractivity contribution in [3.63, 3.8) is 0 Å². The zero-order valence-corrected chi connectivity index (χ0v) is 18.0. The molecule has 1 amide bonds. The maximum Gasteiger partial charge on any atom is 0.260 e. The van der Waals surface area contributed by atoms with Crippen molar-refractivity contribution < 1.29 is 22.7 Å². The van der Waals surface area contributed by atoms with Gasteiger partial charge in [-0.05, 0) is 32.4 Å². The van der Waals surface area contributed by atoms with E-state index in [1.165, 1.54) is 0 Å². The molecular weight excluding hydrogens is 394 g/mol. The van der Waals surface area contributed by atoms with Crippen LogP contribution in [0, 0.1) is 13.8 Å². The number of aromatic nitrogens is 2. The maximum absolute atomic E-state index is 12.5. The summed E-state index contributed by atoms with van der Waals surface area (Å²) in [6.07, 6.45) is 0.575. The molecule has 0 radical (unpaired) electrons. The second-order valence-corrected chi connectivity index (χ2v) is 9.57. The number of hydrogen-bond acceptors (Lipinski definition) is 6. The Hall–Kier alpha value is -2.55. The molecule has 0 N–H and O–H groups in total. The van der Waals surface area contributed by atoms with Gasteiger partial charge in [-0.1, -0.05) is 12.1 Å². The van der Waals surface area contributed by atoms with Gasteiger partial charge in [0.1, 0.15) is 0 Å². The first kappa shape index (κ1) is 21.2. The van der Waals surface area contributed by atoms with Gasteiger partial charge in [-0.25, -0.2) is 8.42 Å². The molecule has 1 aromatic carbocycles. The molecule has 2 heterocycles. The number of carbonyl (C=O) groups is 1. The molecule has 29 heavy (non-hydrogen) atoms. The minimum Gasteiger partial charge on any atom is -0.493 e. The Labute approximate surface area is 171 Å². The number of aryl methyl sites for hydroxylation is 1. The smallest absolute Gasteiger partial charge is 0.260 e. The average Bonchev–Trinajstić information content (AvgIpc) is 3.19. The van der Waals surface area contributed by atoms with Crippen molar-refractivity contribution in [1.82, 2.24) is 14.7 Å². The molecule has 1 aromatic heterocycles. The van der Waals surface area contributed by atoms with E-state index in [2.05, 4.69) is 5.10 Å². The predicted octanol–water partition coefficient (Wildman–Crippen LogP) is 1.91. The minimum absolute atomic E-state index is 0.107. The molecule has 158 valence electrons. The molecule has 0 bridgehead atoms. The lowest BCUT2D eigenvalue weighted by atomic mass is 10.1. The molecule has 3 rings (SSSR count). The summed E-state index contributed by atoms with van der Waals surface area (Å²) in [5.74, 6) is 1.23. The van der Waals surface area contributed by atoms with E-state index in [9.17, 15) is 13.2 Å². The fourth-order valence-electron chi connectivity index (χ4n) is 3.56. The number of amides is 1. The normalized spacial score (nSPS) is 17.9. The number of ether oxygens (including phenoxy) is 2. The van der Waals surface area contributed by atoms with E-state index >= 15 is 0 Å². The number of sulfone groups is 1. The minimum atomic E-state index is -2.99. The van der Waals surface area contributed by atoms with Gasteiger partial charge in [-0.3, -0.25) is 9.48 Å². The number of likely N-dealkylation sites (N-methyl/N-ethyl adjacent to an activating group) is 1.